The first-order valence-corrected chi connectivity index (χ1v) is 19.6. The molecule has 6 rings (SSSR count). The van der Waals surface area contributed by atoms with Gasteiger partial charge in [-0.1, -0.05) is 116 Å². The number of benzene rings is 5. The fraction of sp³-hybridized carbons (Fsp3) is 0.256. The summed E-state index contributed by atoms with van der Waals surface area (Å²) in [7, 11) is -2.64. The van der Waals surface area contributed by atoms with Crippen molar-refractivity contribution >= 4 is 39.2 Å². The highest BCUT2D eigenvalue weighted by molar-refractivity contribution is 7.89. The number of halogens is 1. The molecule has 8 nitrogen and oxygen atoms in total. The molecule has 0 bridgehead atoms. The van der Waals surface area contributed by atoms with E-state index in [9.17, 15) is 18.0 Å². The third-order valence-electron chi connectivity index (χ3n) is 9.52. The van der Waals surface area contributed by atoms with Crippen LogP contribution in [-0.4, -0.2) is 38.2 Å². The Hall–Kier alpha value is -4.96. The molecule has 0 spiro atoms. The highest BCUT2D eigenvalue weighted by Gasteiger charge is 2.28. The average Bonchev–Trinajstić information content (AvgIpc) is 3.19. The lowest BCUT2D eigenvalue weighted by molar-refractivity contribution is -0.118. The second kappa shape index (κ2) is 17.7. The molecule has 0 N–H and O–H groups in total. The van der Waals surface area contributed by atoms with Crippen LogP contribution in [0.1, 0.15) is 70.6 Å². The number of amides is 1. The average molecular weight is 751 g/mol. The first-order valence-electron chi connectivity index (χ1n) is 17.8. The summed E-state index contributed by atoms with van der Waals surface area (Å²) in [5.74, 6) is -0.277. The van der Waals surface area contributed by atoms with E-state index < -0.39 is 28.4 Å². The number of carbonyl (C=O) groups is 2. The Kier molecular flexibility index (Phi) is 12.6. The Labute approximate surface area is 317 Å². The molecule has 274 valence electrons. The summed E-state index contributed by atoms with van der Waals surface area (Å²) >= 11 is 6.00. The molecule has 0 radical (unpaired) electrons. The molecule has 0 aliphatic heterocycles. The zero-order chi connectivity index (χ0) is 37.2. The van der Waals surface area contributed by atoms with Crippen LogP contribution >= 0.6 is 11.6 Å². The molecule has 5 aromatic rings. The second-order valence-electron chi connectivity index (χ2n) is 13.3. The largest absolute Gasteiger partial charge is 0.488 e. The lowest BCUT2D eigenvalue weighted by Gasteiger charge is -2.27. The molecular weight excluding hydrogens is 708 g/mol. The first kappa shape index (κ1) is 37.8. The van der Waals surface area contributed by atoms with Crippen LogP contribution in [0.4, 0.5) is 5.69 Å². The topological polar surface area (TPSA) is 93.2 Å². The van der Waals surface area contributed by atoms with Gasteiger partial charge in [-0.2, -0.15) is 4.31 Å². The molecule has 10 heteroatoms. The number of likely N-dealkylation sites (N-methyl/N-ethyl adjacent to an activating group) is 1. The summed E-state index contributed by atoms with van der Waals surface area (Å²) in [6.45, 7) is -0.0297. The van der Waals surface area contributed by atoms with Crippen LogP contribution < -0.4 is 9.64 Å². The molecule has 0 unspecified atom stereocenters. The van der Waals surface area contributed by atoms with E-state index in [0.717, 1.165) is 21.0 Å². The maximum absolute atomic E-state index is 14.2. The number of anilines is 1. The number of carbonyl (C=O) groups excluding carboxylic acids is 2. The highest BCUT2D eigenvalue weighted by Crippen LogP contribution is 2.34. The fourth-order valence-corrected chi connectivity index (χ4v) is 7.73. The van der Waals surface area contributed by atoms with E-state index in [1.807, 2.05) is 72.8 Å². The van der Waals surface area contributed by atoms with Gasteiger partial charge >= 0.3 is 5.97 Å². The summed E-state index contributed by atoms with van der Waals surface area (Å²) in [6.07, 6.45) is 6.07. The van der Waals surface area contributed by atoms with E-state index in [2.05, 4.69) is 12.1 Å². The van der Waals surface area contributed by atoms with E-state index in [1.165, 1.54) is 73.9 Å². The molecule has 1 aliphatic rings. The van der Waals surface area contributed by atoms with Crippen molar-refractivity contribution in [1.29, 1.82) is 0 Å². The third kappa shape index (κ3) is 9.93. The molecule has 1 fully saturated rings. The third-order valence-corrected chi connectivity index (χ3v) is 11.6. The Bertz CT molecular complexity index is 2090. The fourth-order valence-electron chi connectivity index (χ4n) is 6.49. The summed E-state index contributed by atoms with van der Waals surface area (Å²) < 4.78 is 39.9. The Balaban J connectivity index is 1.31. The lowest BCUT2D eigenvalue weighted by atomic mass is 9.84. The number of ether oxygens (including phenoxy) is 2. The number of nitrogens with zero attached hydrogens (tertiary/aromatic N) is 2. The maximum Gasteiger partial charge on any atom is 0.342 e. The standard InChI is InChI=1S/C43H43ClN2O6S/c1-45(53(49,50)39-24-21-37(44)22-25-39)29-42(47)46(28-32-17-19-36(20-18-32)35-15-9-4-10-16-35)38-23-26-40(43(48)52-31-34-13-7-3-8-14-34)41(27-38)51-30-33-11-5-2-6-12-33/h2-3,5-8,11-14,17-27,35H,4,9-10,15-16,28-31H2,1H3. The predicted octanol–water partition coefficient (Wildman–Crippen LogP) is 9.18. The molecule has 0 atom stereocenters. The van der Waals surface area contributed by atoms with Crippen molar-refractivity contribution in [2.24, 2.45) is 0 Å². The van der Waals surface area contributed by atoms with E-state index >= 15 is 0 Å². The Morgan fingerprint density at radius 1 is 0.736 bits per heavy atom. The number of rotatable bonds is 14. The van der Waals surface area contributed by atoms with Crippen LogP contribution in [0.5, 0.6) is 5.75 Å². The van der Waals surface area contributed by atoms with Gasteiger partial charge in [0.25, 0.3) is 0 Å². The van der Waals surface area contributed by atoms with Gasteiger partial charge in [0.1, 0.15) is 24.5 Å². The summed E-state index contributed by atoms with van der Waals surface area (Å²) in [5, 5.41) is 0.404. The van der Waals surface area contributed by atoms with Crippen molar-refractivity contribution in [2.75, 3.05) is 18.5 Å². The van der Waals surface area contributed by atoms with E-state index in [4.69, 9.17) is 21.1 Å². The minimum absolute atomic E-state index is 0.0250. The molecule has 0 aromatic heterocycles. The summed E-state index contributed by atoms with van der Waals surface area (Å²) in [5.41, 5.74) is 4.53. The molecule has 0 saturated heterocycles. The molecule has 5 aromatic carbocycles. The van der Waals surface area contributed by atoms with Crippen LogP contribution in [0.2, 0.25) is 5.02 Å². The van der Waals surface area contributed by atoms with Crippen molar-refractivity contribution in [3.63, 3.8) is 0 Å². The van der Waals surface area contributed by atoms with E-state index in [1.54, 1.807) is 18.2 Å². The second-order valence-corrected chi connectivity index (χ2v) is 15.8. The van der Waals surface area contributed by atoms with Gasteiger partial charge < -0.3 is 14.4 Å². The van der Waals surface area contributed by atoms with Gasteiger partial charge in [-0.25, -0.2) is 13.2 Å². The van der Waals surface area contributed by atoms with Gasteiger partial charge in [0.05, 0.1) is 18.0 Å². The minimum atomic E-state index is -4.01. The van der Waals surface area contributed by atoms with Crippen LogP contribution in [0, 0.1) is 0 Å². The highest BCUT2D eigenvalue weighted by atomic mass is 35.5. The molecule has 1 aliphatic carbocycles. The van der Waals surface area contributed by atoms with Gasteiger partial charge in [-0.05, 0) is 77.4 Å². The smallest absolute Gasteiger partial charge is 0.342 e. The Morgan fingerprint density at radius 3 is 2.00 bits per heavy atom. The monoisotopic (exact) mass is 750 g/mol. The van der Waals surface area contributed by atoms with Crippen LogP contribution in [0.25, 0.3) is 0 Å². The number of hydrogen-bond acceptors (Lipinski definition) is 6. The van der Waals surface area contributed by atoms with Gasteiger partial charge in [-0.3, -0.25) is 4.79 Å². The molecule has 1 saturated carbocycles. The van der Waals surface area contributed by atoms with Crippen molar-refractivity contribution < 1.29 is 27.5 Å². The number of esters is 1. The van der Waals surface area contributed by atoms with Gasteiger partial charge in [-0.15, -0.1) is 0 Å². The van der Waals surface area contributed by atoms with E-state index in [0.29, 0.717) is 16.6 Å². The normalized spacial score (nSPS) is 13.4. The SMILES string of the molecule is CN(CC(=O)N(Cc1ccc(C2CCCCC2)cc1)c1ccc(C(=O)OCc2ccccc2)c(OCc2ccccc2)c1)S(=O)(=O)c1ccc(Cl)cc1. The van der Waals surface area contributed by atoms with Crippen molar-refractivity contribution in [1.82, 2.24) is 4.31 Å². The van der Waals surface area contributed by atoms with Crippen LogP contribution in [0.3, 0.4) is 0 Å². The van der Waals surface area contributed by atoms with Crippen LogP contribution in [0.15, 0.2) is 132 Å². The molecular formula is C43H43ClN2O6S. The van der Waals surface area contributed by atoms with E-state index in [-0.39, 0.29) is 36.0 Å². The molecule has 1 amide bonds. The minimum Gasteiger partial charge on any atom is -0.488 e. The maximum atomic E-state index is 14.2. The van der Waals surface area contributed by atoms with Gasteiger partial charge in [0.2, 0.25) is 15.9 Å². The summed E-state index contributed by atoms with van der Waals surface area (Å²) in [4.78, 5) is 29.3. The zero-order valence-electron chi connectivity index (χ0n) is 29.7. The zero-order valence-corrected chi connectivity index (χ0v) is 31.3. The summed E-state index contributed by atoms with van der Waals surface area (Å²) in [6, 6.07) is 38.0. The molecule has 53 heavy (non-hydrogen) atoms. The van der Waals surface area contributed by atoms with Crippen molar-refractivity contribution in [3.8, 4) is 5.75 Å². The lowest BCUT2D eigenvalue weighted by Crippen LogP contribution is -2.41. The quantitative estimate of drug-likeness (QED) is 0.105. The number of hydrogen-bond donors (Lipinski definition) is 0. The predicted molar refractivity (Wildman–Crippen MR) is 208 cm³/mol. The number of sulfonamides is 1. The Morgan fingerprint density at radius 2 is 1.36 bits per heavy atom. The van der Waals surface area contributed by atoms with Gasteiger partial charge in [0, 0.05) is 23.8 Å². The molecule has 0 heterocycles. The van der Waals surface area contributed by atoms with Crippen molar-refractivity contribution in [3.05, 3.63) is 160 Å². The van der Waals surface area contributed by atoms with Gasteiger partial charge in [0.15, 0.2) is 0 Å². The van der Waals surface area contributed by atoms with Crippen molar-refractivity contribution in [2.45, 2.75) is 62.7 Å². The first-order chi connectivity index (χ1) is 25.7. The van der Waals surface area contributed by atoms with Crippen LogP contribution in [-0.2, 0) is 39.3 Å².